The Morgan fingerprint density at radius 1 is 0.289 bits per heavy atom. The minimum absolute atomic E-state index is 0.175. The molecule has 0 bridgehead atoms. The molecule has 2 heteroatoms. The van der Waals surface area contributed by atoms with Crippen molar-refractivity contribution >= 4 is 34.1 Å². The Morgan fingerprint density at radius 3 is 1.14 bits per heavy atom. The molecule has 0 aromatic heterocycles. The summed E-state index contributed by atoms with van der Waals surface area (Å²) in [6, 6.07) is 85.2. The number of fused-ring (bicyclic) bond motifs is 11. The molecule has 5 aliphatic rings. The van der Waals surface area contributed by atoms with Gasteiger partial charge in [0.1, 0.15) is 0 Å². The van der Waals surface area contributed by atoms with Crippen LogP contribution in [0, 0.1) is 0 Å². The van der Waals surface area contributed by atoms with E-state index in [-0.39, 0.29) is 16.2 Å². The number of benzene rings is 10. The lowest BCUT2D eigenvalue weighted by atomic mass is 9.70. The van der Waals surface area contributed by atoms with Crippen molar-refractivity contribution in [2.24, 2.45) is 0 Å². The van der Waals surface area contributed by atoms with Crippen molar-refractivity contribution in [3.05, 3.63) is 285 Å². The third kappa shape index (κ3) is 8.17. The topological polar surface area (TPSA) is 6.48 Å². The zero-order valence-corrected chi connectivity index (χ0v) is 49.1. The van der Waals surface area contributed by atoms with E-state index in [1.54, 1.807) is 0 Å². The van der Waals surface area contributed by atoms with Crippen molar-refractivity contribution in [1.29, 1.82) is 0 Å². The second-order valence-electron chi connectivity index (χ2n) is 25.3. The van der Waals surface area contributed by atoms with Gasteiger partial charge < -0.3 is 9.80 Å². The summed E-state index contributed by atoms with van der Waals surface area (Å²) in [6.45, 7) is 9.65. The van der Waals surface area contributed by atoms with Gasteiger partial charge in [-0.2, -0.15) is 0 Å². The highest BCUT2D eigenvalue weighted by molar-refractivity contribution is 5.92. The first-order chi connectivity index (χ1) is 40.8. The molecule has 0 aliphatic heterocycles. The number of aryl methyl sites for hydroxylation is 4. The normalized spacial score (nSPS) is 17.6. The molecule has 10 aromatic rings. The zero-order valence-electron chi connectivity index (χ0n) is 49.1. The number of para-hydroxylation sites is 2. The van der Waals surface area contributed by atoms with Gasteiger partial charge in [-0.15, -0.1) is 0 Å². The second kappa shape index (κ2) is 20.6. The lowest BCUT2D eigenvalue weighted by Gasteiger charge is -2.35. The predicted octanol–water partition coefficient (Wildman–Crippen LogP) is 21.7. The molecule has 5 aliphatic carbocycles. The van der Waals surface area contributed by atoms with Crippen LogP contribution in [0.2, 0.25) is 0 Å². The van der Waals surface area contributed by atoms with Crippen LogP contribution in [0.1, 0.15) is 159 Å². The van der Waals surface area contributed by atoms with Gasteiger partial charge in [-0.05, 0) is 225 Å². The molecule has 10 aromatic carbocycles. The van der Waals surface area contributed by atoms with Crippen molar-refractivity contribution in [2.75, 3.05) is 9.80 Å². The number of hydrogen-bond donors (Lipinski definition) is 0. The van der Waals surface area contributed by atoms with Crippen molar-refractivity contribution in [1.82, 2.24) is 0 Å². The van der Waals surface area contributed by atoms with Crippen LogP contribution in [0.25, 0.3) is 33.4 Å². The first-order valence-electron chi connectivity index (χ1n) is 31.5. The Hall–Kier alpha value is -8.20. The van der Waals surface area contributed by atoms with E-state index in [1.165, 1.54) is 211 Å². The van der Waals surface area contributed by atoms with E-state index >= 15 is 0 Å². The highest BCUT2D eigenvalue weighted by Gasteiger charge is 2.46. The number of nitrogens with zero attached hydrogens (tertiary/aromatic N) is 2. The van der Waals surface area contributed by atoms with Crippen molar-refractivity contribution < 1.29 is 0 Å². The van der Waals surface area contributed by atoms with E-state index in [2.05, 4.69) is 256 Å². The molecule has 15 rings (SSSR count). The molecule has 0 fully saturated rings. The van der Waals surface area contributed by atoms with Gasteiger partial charge in [0.25, 0.3) is 0 Å². The SMILES string of the molecule is CCCCCCC1(CCCCCC)c2cc(N(c3ccccc3)c3ccc4c(c3)-c3ccccc3C4(C)c3ccc4c(c3)CC4)ccc2-c2ccc(N(c3ccccc3)c3ccc4c(c3)C(C)(c3ccc5c(c3)CC5)c3ccccc3-4)cc21. The summed E-state index contributed by atoms with van der Waals surface area (Å²) in [5, 5.41) is 0. The maximum Gasteiger partial charge on any atom is 0.0468 e. The molecule has 0 N–H and O–H groups in total. The Morgan fingerprint density at radius 2 is 0.675 bits per heavy atom. The van der Waals surface area contributed by atoms with E-state index in [9.17, 15) is 0 Å². The smallest absolute Gasteiger partial charge is 0.0468 e. The molecule has 0 saturated heterocycles. The van der Waals surface area contributed by atoms with Crippen molar-refractivity contribution in [3.8, 4) is 33.4 Å². The molecule has 410 valence electrons. The van der Waals surface area contributed by atoms with Gasteiger partial charge in [0.05, 0.1) is 0 Å². The molecule has 0 saturated carbocycles. The van der Waals surface area contributed by atoms with Gasteiger partial charge >= 0.3 is 0 Å². The van der Waals surface area contributed by atoms with Gasteiger partial charge in [0.15, 0.2) is 0 Å². The van der Waals surface area contributed by atoms with E-state index in [0.717, 1.165) is 12.8 Å². The summed E-state index contributed by atoms with van der Waals surface area (Å²) in [6.07, 6.45) is 16.8. The van der Waals surface area contributed by atoms with Crippen LogP contribution in [0.5, 0.6) is 0 Å². The quantitative estimate of drug-likeness (QED) is 0.0790. The van der Waals surface area contributed by atoms with Crippen LogP contribution >= 0.6 is 0 Å². The number of unbranched alkanes of at least 4 members (excludes halogenated alkanes) is 6. The van der Waals surface area contributed by atoms with E-state index in [1.807, 2.05) is 0 Å². The molecule has 2 atom stereocenters. The Kier molecular flexibility index (Phi) is 12.8. The van der Waals surface area contributed by atoms with Crippen LogP contribution < -0.4 is 9.80 Å². The minimum atomic E-state index is -0.292. The second-order valence-corrected chi connectivity index (χ2v) is 25.3. The van der Waals surface area contributed by atoms with Crippen molar-refractivity contribution in [2.45, 2.75) is 134 Å². The standard InChI is InChI=1S/C81H76N2/c1-5-7-9-21-47-81(48-22-10-8-6-2)77-53-65(82(61-23-13-11-14-24-61)63-42-46-75-72(51-63)68-28-18-20-30-74(68)79(75,3)59-37-35-55-31-33-57(55)49-59)40-44-70(77)71-45-41-66(54-78(71)81)83(62-25-15-12-16-26-62)64-39-43-69-67-27-17-19-29-73(67)80(4,76(69)52-64)60-38-36-56-32-34-58(56)50-60/h11-20,23-30,35-46,49-54H,5-10,21-22,31-34,47-48H2,1-4H3. The molecule has 0 radical (unpaired) electrons. The van der Waals surface area contributed by atoms with Gasteiger partial charge in [0.2, 0.25) is 0 Å². The summed E-state index contributed by atoms with van der Waals surface area (Å²) in [7, 11) is 0. The number of hydrogen-bond acceptors (Lipinski definition) is 2. The van der Waals surface area contributed by atoms with Crippen LogP contribution in [0.15, 0.2) is 218 Å². The van der Waals surface area contributed by atoms with Crippen LogP contribution in [-0.4, -0.2) is 0 Å². The highest BCUT2D eigenvalue weighted by Crippen LogP contribution is 2.60. The summed E-state index contributed by atoms with van der Waals surface area (Å²) in [4.78, 5) is 5.11. The fourth-order valence-corrected chi connectivity index (χ4v) is 16.1. The van der Waals surface area contributed by atoms with Crippen molar-refractivity contribution in [3.63, 3.8) is 0 Å². The van der Waals surface area contributed by atoms with Gasteiger partial charge in [0, 0.05) is 50.4 Å². The van der Waals surface area contributed by atoms with E-state index in [0.29, 0.717) is 0 Å². The summed E-state index contributed by atoms with van der Waals surface area (Å²) in [5.41, 5.74) is 32.0. The molecule has 0 amide bonds. The number of rotatable bonds is 18. The van der Waals surface area contributed by atoms with Crippen LogP contribution in [0.4, 0.5) is 34.1 Å². The van der Waals surface area contributed by atoms with E-state index in [4.69, 9.17) is 0 Å². The minimum Gasteiger partial charge on any atom is -0.310 e. The number of anilines is 6. The average Bonchev–Trinajstić information content (AvgIpc) is 2.28. The first-order valence-corrected chi connectivity index (χ1v) is 31.5. The Balaban J connectivity index is 0.881. The molecule has 83 heavy (non-hydrogen) atoms. The fourth-order valence-electron chi connectivity index (χ4n) is 16.1. The fraction of sp³-hybridized carbons (Fsp3) is 0.259. The maximum atomic E-state index is 2.64. The molecule has 0 spiro atoms. The summed E-state index contributed by atoms with van der Waals surface area (Å²) < 4.78 is 0. The molecule has 2 unspecified atom stereocenters. The monoisotopic (exact) mass is 1080 g/mol. The third-order valence-corrected chi connectivity index (χ3v) is 20.8. The largest absolute Gasteiger partial charge is 0.310 e. The third-order valence-electron chi connectivity index (χ3n) is 20.8. The average molecular weight is 1080 g/mol. The van der Waals surface area contributed by atoms with Crippen LogP contribution in [0.3, 0.4) is 0 Å². The Labute approximate surface area is 493 Å². The lowest BCUT2D eigenvalue weighted by molar-refractivity contribution is 0.401. The Bertz CT molecular complexity index is 4120. The predicted molar refractivity (Wildman–Crippen MR) is 349 cm³/mol. The van der Waals surface area contributed by atoms with Gasteiger partial charge in [-0.1, -0.05) is 211 Å². The lowest BCUT2D eigenvalue weighted by Crippen LogP contribution is -2.26. The first kappa shape index (κ1) is 51.7. The zero-order chi connectivity index (χ0) is 55.9. The highest BCUT2D eigenvalue weighted by atomic mass is 15.1. The summed E-state index contributed by atoms with van der Waals surface area (Å²) in [5.74, 6) is 0. The maximum absolute atomic E-state index is 2.64. The molecular weight excluding hydrogens is 1000 g/mol. The van der Waals surface area contributed by atoms with E-state index < -0.39 is 0 Å². The van der Waals surface area contributed by atoms with Crippen LogP contribution in [-0.2, 0) is 41.9 Å². The molecule has 0 heterocycles. The summed E-state index contributed by atoms with van der Waals surface area (Å²) >= 11 is 0. The molecular formula is C81H76N2. The van der Waals surface area contributed by atoms with Gasteiger partial charge in [-0.3, -0.25) is 0 Å². The molecule has 2 nitrogen and oxygen atoms in total. The van der Waals surface area contributed by atoms with Gasteiger partial charge in [-0.25, -0.2) is 0 Å².